The predicted octanol–water partition coefficient (Wildman–Crippen LogP) is 4.19. The minimum absolute atomic E-state index is 0.391. The van der Waals surface area contributed by atoms with E-state index in [1.54, 1.807) is 0 Å². The van der Waals surface area contributed by atoms with Gasteiger partial charge in [-0.3, -0.25) is 10.1 Å². The highest BCUT2D eigenvalue weighted by Crippen LogP contribution is 2.49. The van der Waals surface area contributed by atoms with Crippen LogP contribution in [0.3, 0.4) is 0 Å². The summed E-state index contributed by atoms with van der Waals surface area (Å²) in [5, 5.41) is 16.5. The van der Waals surface area contributed by atoms with Crippen LogP contribution in [0.25, 0.3) is 0 Å². The predicted molar refractivity (Wildman–Crippen MR) is 86.7 cm³/mol. The Morgan fingerprint density at radius 2 is 1.86 bits per heavy atom. The summed E-state index contributed by atoms with van der Waals surface area (Å²) in [7, 11) is 0. The van der Waals surface area contributed by atoms with Crippen molar-refractivity contribution in [2.24, 2.45) is 5.10 Å². The van der Waals surface area contributed by atoms with E-state index >= 15 is 0 Å². The Hall–Kier alpha value is 0.120. The first kappa shape index (κ1) is 19.2. The molecular weight excluding hydrogens is 385 g/mol. The molecule has 0 radical (unpaired) electrons. The maximum absolute atomic E-state index is 11.3. The molecule has 0 spiro atoms. The van der Waals surface area contributed by atoms with E-state index in [2.05, 4.69) is 12.0 Å². The van der Waals surface area contributed by atoms with Gasteiger partial charge in [-0.25, -0.2) is 9.91 Å². The van der Waals surface area contributed by atoms with Crippen LogP contribution >= 0.6 is 58.0 Å². The zero-order valence-corrected chi connectivity index (χ0v) is 15.0. The molecule has 6 nitrogen and oxygen atoms in total. The molecule has 21 heavy (non-hydrogen) atoms. The van der Waals surface area contributed by atoms with Gasteiger partial charge in [0.2, 0.25) is 8.25 Å². The third kappa shape index (κ3) is 4.55. The van der Waals surface area contributed by atoms with Gasteiger partial charge in [-0.05, 0) is 6.42 Å². The van der Waals surface area contributed by atoms with Gasteiger partial charge in [0.1, 0.15) is 6.34 Å². The molecule has 122 valence electrons. The summed E-state index contributed by atoms with van der Waals surface area (Å²) in [6.07, 6.45) is 3.53. The van der Waals surface area contributed by atoms with Gasteiger partial charge in [-0.2, -0.15) is 5.10 Å². The van der Waals surface area contributed by atoms with Gasteiger partial charge in [0.05, 0.1) is 4.92 Å². The van der Waals surface area contributed by atoms with Crippen LogP contribution in [-0.2, 0) is 0 Å². The van der Waals surface area contributed by atoms with Gasteiger partial charge in [0, 0.05) is 6.54 Å². The lowest BCUT2D eigenvalue weighted by Crippen LogP contribution is -2.57. The molecule has 0 bridgehead atoms. The van der Waals surface area contributed by atoms with Gasteiger partial charge in [-0.1, -0.05) is 84.2 Å². The van der Waals surface area contributed by atoms with Crippen LogP contribution < -0.4 is 0 Å². The zero-order valence-electron chi connectivity index (χ0n) is 11.2. The third-order valence-electron chi connectivity index (χ3n) is 2.93. The highest BCUT2D eigenvalue weighted by molar-refractivity contribution is 6.75. The topological polar surface area (TPSA) is 62.0 Å². The van der Waals surface area contributed by atoms with Gasteiger partial charge >= 0.3 is 6.29 Å². The van der Waals surface area contributed by atoms with Crippen LogP contribution in [0.1, 0.15) is 32.6 Å². The van der Waals surface area contributed by atoms with Gasteiger partial charge < -0.3 is 0 Å². The van der Waals surface area contributed by atoms with E-state index in [0.717, 1.165) is 36.9 Å². The molecule has 0 aromatic rings. The Morgan fingerprint density at radius 3 is 2.33 bits per heavy atom. The highest BCUT2D eigenvalue weighted by Gasteiger charge is 2.58. The summed E-state index contributed by atoms with van der Waals surface area (Å²) in [6, 6.07) is 0. The standard InChI is InChI=1S/C10H15Cl5N4O2/c1-2-3-4-5-6-18-8(19(20)21)17(7-16-18)10(14,15)9(11,12)13/h7-8H,2-6H2,1H3. The average Bonchev–Trinajstić information content (AvgIpc) is 2.77. The summed E-state index contributed by atoms with van der Waals surface area (Å²) in [4.78, 5) is 11.6. The van der Waals surface area contributed by atoms with E-state index in [-0.39, 0.29) is 0 Å². The molecule has 0 fully saturated rings. The first-order valence-electron chi connectivity index (χ1n) is 6.30. The van der Waals surface area contributed by atoms with Crippen molar-refractivity contribution < 1.29 is 4.92 Å². The van der Waals surface area contributed by atoms with Crippen LogP contribution in [0, 0.1) is 10.1 Å². The summed E-state index contributed by atoms with van der Waals surface area (Å²) in [5.41, 5.74) is 0. The molecule has 0 aromatic carbocycles. The van der Waals surface area contributed by atoms with Crippen molar-refractivity contribution in [1.82, 2.24) is 9.91 Å². The fourth-order valence-electron chi connectivity index (χ4n) is 1.83. The largest absolute Gasteiger partial charge is 0.386 e. The van der Waals surface area contributed by atoms with E-state index in [9.17, 15) is 10.1 Å². The van der Waals surface area contributed by atoms with Crippen LogP contribution in [-0.4, -0.2) is 42.3 Å². The van der Waals surface area contributed by atoms with Crippen molar-refractivity contribution in [3.8, 4) is 0 Å². The van der Waals surface area contributed by atoms with Crippen LogP contribution in [0.2, 0.25) is 0 Å². The molecule has 0 aliphatic carbocycles. The van der Waals surface area contributed by atoms with Crippen LogP contribution in [0.15, 0.2) is 5.10 Å². The van der Waals surface area contributed by atoms with Gasteiger partial charge in [-0.15, -0.1) is 0 Å². The van der Waals surface area contributed by atoms with E-state index in [1.807, 2.05) is 0 Å². The summed E-state index contributed by atoms with van der Waals surface area (Å²) in [6.45, 7) is 2.47. The van der Waals surface area contributed by atoms with E-state index in [1.165, 1.54) is 5.01 Å². The van der Waals surface area contributed by atoms with Crippen molar-refractivity contribution in [3.05, 3.63) is 10.1 Å². The Balaban J connectivity index is 2.81. The molecule has 0 N–H and O–H groups in total. The van der Waals surface area contributed by atoms with Crippen molar-refractivity contribution in [1.29, 1.82) is 0 Å². The average molecular weight is 401 g/mol. The van der Waals surface area contributed by atoms with E-state index < -0.39 is 19.5 Å². The summed E-state index contributed by atoms with van der Waals surface area (Å²) >= 11 is 29.0. The lowest BCUT2D eigenvalue weighted by Gasteiger charge is -2.36. The lowest BCUT2D eigenvalue weighted by molar-refractivity contribution is -0.572. The number of unbranched alkanes of at least 4 members (excludes halogenated alkanes) is 3. The summed E-state index contributed by atoms with van der Waals surface area (Å²) in [5.74, 6) is 0. The number of alkyl halides is 5. The molecule has 0 saturated heterocycles. The quantitative estimate of drug-likeness (QED) is 0.211. The molecule has 0 saturated carbocycles. The maximum atomic E-state index is 11.3. The third-order valence-corrected chi connectivity index (χ3v) is 5.29. The molecule has 1 atom stereocenters. The molecule has 11 heteroatoms. The first-order chi connectivity index (χ1) is 9.63. The van der Waals surface area contributed by atoms with Crippen LogP contribution in [0.4, 0.5) is 0 Å². The Morgan fingerprint density at radius 1 is 1.24 bits per heavy atom. The van der Waals surface area contributed by atoms with Gasteiger partial charge in [0.25, 0.3) is 0 Å². The SMILES string of the molecule is CCCCCCN1N=CN(C(Cl)(Cl)C(Cl)(Cl)Cl)C1[N+](=O)[O-]. The molecule has 1 aliphatic rings. The monoisotopic (exact) mass is 398 g/mol. The Bertz CT molecular complexity index is 401. The maximum Gasteiger partial charge on any atom is 0.386 e. The second-order valence-electron chi connectivity index (χ2n) is 4.53. The van der Waals surface area contributed by atoms with Crippen molar-refractivity contribution in [3.63, 3.8) is 0 Å². The van der Waals surface area contributed by atoms with Crippen LogP contribution in [0.5, 0.6) is 0 Å². The van der Waals surface area contributed by atoms with Crippen molar-refractivity contribution >= 4 is 64.3 Å². The minimum atomic E-state index is -2.14. The second-order valence-corrected chi connectivity index (χ2v) is 8.10. The molecule has 1 heterocycles. The second kappa shape index (κ2) is 7.59. The molecule has 0 aromatic heterocycles. The number of hydrazone groups is 1. The Kier molecular flexibility index (Phi) is 6.93. The number of rotatable bonds is 7. The normalized spacial score (nSPS) is 19.4. The van der Waals surface area contributed by atoms with E-state index in [4.69, 9.17) is 58.0 Å². The fraction of sp³-hybridized carbons (Fsp3) is 0.900. The highest BCUT2D eigenvalue weighted by atomic mass is 35.6. The zero-order chi connectivity index (χ0) is 16.3. The fourth-order valence-corrected chi connectivity index (χ4v) is 2.39. The molecule has 0 amide bonds. The number of nitrogens with zero attached hydrogens (tertiary/aromatic N) is 4. The number of hydrogen-bond donors (Lipinski definition) is 0. The summed E-state index contributed by atoms with van der Waals surface area (Å²) < 4.78 is -4.26. The minimum Gasteiger partial charge on any atom is -0.261 e. The lowest BCUT2D eigenvalue weighted by atomic mass is 10.2. The Labute approximate surface area is 148 Å². The van der Waals surface area contributed by atoms with Crippen molar-refractivity contribution in [2.45, 2.75) is 47.1 Å². The number of hydrogen-bond acceptors (Lipinski definition) is 5. The van der Waals surface area contributed by atoms with Gasteiger partial charge in [0.15, 0.2) is 0 Å². The molecule has 1 aliphatic heterocycles. The first-order valence-corrected chi connectivity index (χ1v) is 8.19. The number of nitro groups is 1. The van der Waals surface area contributed by atoms with E-state index in [0.29, 0.717) is 6.54 Å². The smallest absolute Gasteiger partial charge is 0.261 e. The molecular formula is C10H15Cl5N4O2. The van der Waals surface area contributed by atoms with Crippen molar-refractivity contribution in [2.75, 3.05) is 6.54 Å². The molecule has 1 rings (SSSR count). The number of halogens is 5. The molecule has 1 unspecified atom stereocenters.